The van der Waals surface area contributed by atoms with Crippen LogP contribution in [-0.2, 0) is 9.84 Å². The summed E-state index contributed by atoms with van der Waals surface area (Å²) >= 11 is 0. The van der Waals surface area contributed by atoms with Crippen molar-refractivity contribution in [2.45, 2.75) is 0 Å². The highest BCUT2D eigenvalue weighted by molar-refractivity contribution is 7.91. The third kappa shape index (κ3) is 2.53. The number of anilines is 2. The van der Waals surface area contributed by atoms with E-state index in [0.717, 1.165) is 0 Å². The average molecular weight is 271 g/mol. The second-order valence-corrected chi connectivity index (χ2v) is 6.38. The molecule has 18 heavy (non-hydrogen) atoms. The fourth-order valence-electron chi connectivity index (χ4n) is 1.75. The Balaban J connectivity index is 2.25. The van der Waals surface area contributed by atoms with Gasteiger partial charge >= 0.3 is 5.97 Å². The molecular formula is C10H13N3O4S. The highest BCUT2D eigenvalue weighted by Gasteiger charge is 2.23. The molecule has 0 saturated carbocycles. The minimum atomic E-state index is -2.97. The number of aromatic nitrogens is 1. The van der Waals surface area contributed by atoms with Crippen LogP contribution in [0, 0.1) is 0 Å². The fourth-order valence-corrected chi connectivity index (χ4v) is 2.96. The van der Waals surface area contributed by atoms with Crippen molar-refractivity contribution >= 4 is 27.3 Å². The van der Waals surface area contributed by atoms with E-state index >= 15 is 0 Å². The summed E-state index contributed by atoms with van der Waals surface area (Å²) in [7, 11) is -2.97. The Morgan fingerprint density at radius 2 is 2.00 bits per heavy atom. The van der Waals surface area contributed by atoms with Crippen LogP contribution in [0.25, 0.3) is 0 Å². The summed E-state index contributed by atoms with van der Waals surface area (Å²) in [5, 5.41) is 8.95. The first-order valence-electron chi connectivity index (χ1n) is 5.33. The summed E-state index contributed by atoms with van der Waals surface area (Å²) in [6.45, 7) is 0.636. The number of carboxylic acid groups (broad SMARTS) is 1. The maximum atomic E-state index is 11.3. The molecule has 0 atom stereocenters. The van der Waals surface area contributed by atoms with Crippen molar-refractivity contribution in [2.24, 2.45) is 0 Å². The van der Waals surface area contributed by atoms with Gasteiger partial charge in [-0.15, -0.1) is 0 Å². The summed E-state index contributed by atoms with van der Waals surface area (Å²) in [6.07, 6.45) is 1.28. The van der Waals surface area contributed by atoms with E-state index in [0.29, 0.717) is 18.9 Å². The zero-order valence-electron chi connectivity index (χ0n) is 9.54. The smallest absolute Gasteiger partial charge is 0.337 e. The molecule has 1 aromatic heterocycles. The monoisotopic (exact) mass is 271 g/mol. The summed E-state index contributed by atoms with van der Waals surface area (Å²) < 4.78 is 22.6. The molecule has 1 fully saturated rings. The van der Waals surface area contributed by atoms with Crippen molar-refractivity contribution < 1.29 is 18.3 Å². The number of rotatable bonds is 2. The number of nitrogens with two attached hydrogens (primary N) is 1. The van der Waals surface area contributed by atoms with Gasteiger partial charge in [0.15, 0.2) is 9.84 Å². The first-order chi connectivity index (χ1) is 8.39. The number of nitrogens with zero attached hydrogens (tertiary/aromatic N) is 2. The summed E-state index contributed by atoms with van der Waals surface area (Å²) in [5.74, 6) is -0.569. The van der Waals surface area contributed by atoms with Crippen molar-refractivity contribution in [3.8, 4) is 0 Å². The second kappa shape index (κ2) is 4.45. The third-order valence-corrected chi connectivity index (χ3v) is 4.43. The van der Waals surface area contributed by atoms with Crippen LogP contribution in [0.3, 0.4) is 0 Å². The Kier molecular flexibility index (Phi) is 3.12. The highest BCUT2D eigenvalue weighted by atomic mass is 32.2. The van der Waals surface area contributed by atoms with Crippen molar-refractivity contribution in [3.05, 3.63) is 17.8 Å². The number of carboxylic acids is 1. The van der Waals surface area contributed by atoms with E-state index in [1.54, 1.807) is 4.90 Å². The van der Waals surface area contributed by atoms with E-state index in [-0.39, 0.29) is 22.8 Å². The van der Waals surface area contributed by atoms with Gasteiger partial charge in [-0.3, -0.25) is 0 Å². The van der Waals surface area contributed by atoms with Crippen molar-refractivity contribution in [3.63, 3.8) is 0 Å². The van der Waals surface area contributed by atoms with Crippen LogP contribution >= 0.6 is 0 Å². The van der Waals surface area contributed by atoms with Gasteiger partial charge in [0.05, 0.1) is 29.0 Å². The third-order valence-electron chi connectivity index (χ3n) is 2.82. The van der Waals surface area contributed by atoms with Crippen LogP contribution in [0.5, 0.6) is 0 Å². The van der Waals surface area contributed by atoms with Gasteiger partial charge in [-0.05, 0) is 6.07 Å². The number of carbonyl (C=O) groups is 1. The molecule has 0 bridgehead atoms. The molecule has 1 aliphatic heterocycles. The zero-order chi connectivity index (χ0) is 13.3. The molecule has 7 nitrogen and oxygen atoms in total. The first-order valence-corrected chi connectivity index (χ1v) is 7.15. The van der Waals surface area contributed by atoms with Crippen LogP contribution in [0.2, 0.25) is 0 Å². The summed E-state index contributed by atoms with van der Waals surface area (Å²) in [4.78, 5) is 16.7. The van der Waals surface area contributed by atoms with Gasteiger partial charge in [0, 0.05) is 13.1 Å². The zero-order valence-corrected chi connectivity index (χ0v) is 10.4. The first kappa shape index (κ1) is 12.6. The number of aromatic carboxylic acids is 1. The Morgan fingerprint density at radius 1 is 1.39 bits per heavy atom. The molecule has 2 rings (SSSR count). The number of nitrogen functional groups attached to an aromatic ring is 1. The van der Waals surface area contributed by atoms with E-state index in [2.05, 4.69) is 4.98 Å². The lowest BCUT2D eigenvalue weighted by molar-refractivity contribution is 0.0698. The standard InChI is InChI=1S/C10H13N3O4S/c11-8-6-12-9(5-7(8)10(14)15)13-1-3-18(16,17)4-2-13/h5-6H,1-4,11H2,(H,14,15). The van der Waals surface area contributed by atoms with E-state index < -0.39 is 15.8 Å². The molecule has 1 aromatic rings. The van der Waals surface area contributed by atoms with E-state index in [9.17, 15) is 13.2 Å². The summed E-state index contributed by atoms with van der Waals surface area (Å²) in [5.41, 5.74) is 5.58. The molecule has 0 amide bonds. The Bertz CT molecular complexity index is 571. The van der Waals surface area contributed by atoms with E-state index in [1.165, 1.54) is 12.3 Å². The number of hydrogen-bond donors (Lipinski definition) is 2. The molecule has 0 radical (unpaired) electrons. The molecule has 3 N–H and O–H groups in total. The SMILES string of the molecule is Nc1cnc(N2CCS(=O)(=O)CC2)cc1C(=O)O. The lowest BCUT2D eigenvalue weighted by atomic mass is 10.2. The molecular weight excluding hydrogens is 258 g/mol. The lowest BCUT2D eigenvalue weighted by Gasteiger charge is -2.27. The van der Waals surface area contributed by atoms with Crippen LogP contribution in [-0.4, -0.2) is 49.1 Å². The van der Waals surface area contributed by atoms with Crippen molar-refractivity contribution in [2.75, 3.05) is 35.2 Å². The van der Waals surface area contributed by atoms with Gasteiger partial charge in [-0.25, -0.2) is 18.2 Å². The van der Waals surface area contributed by atoms with Gasteiger partial charge in [-0.2, -0.15) is 0 Å². The van der Waals surface area contributed by atoms with Gasteiger partial charge in [-0.1, -0.05) is 0 Å². The molecule has 0 aromatic carbocycles. The molecule has 0 spiro atoms. The maximum Gasteiger partial charge on any atom is 0.337 e. The Hall–Kier alpha value is -1.83. The van der Waals surface area contributed by atoms with Gasteiger partial charge in [0.25, 0.3) is 0 Å². The van der Waals surface area contributed by atoms with Gasteiger partial charge < -0.3 is 15.7 Å². The van der Waals surface area contributed by atoms with E-state index in [1.807, 2.05) is 0 Å². The molecule has 0 unspecified atom stereocenters. The normalized spacial score (nSPS) is 18.6. The maximum absolute atomic E-state index is 11.3. The van der Waals surface area contributed by atoms with Crippen molar-refractivity contribution in [1.82, 2.24) is 4.98 Å². The largest absolute Gasteiger partial charge is 0.478 e. The number of hydrogen-bond acceptors (Lipinski definition) is 6. The fraction of sp³-hybridized carbons (Fsp3) is 0.400. The Labute approximate surface area is 104 Å². The lowest BCUT2D eigenvalue weighted by Crippen LogP contribution is -2.40. The van der Waals surface area contributed by atoms with Crippen LogP contribution in [0.4, 0.5) is 11.5 Å². The topological polar surface area (TPSA) is 114 Å². The molecule has 98 valence electrons. The Morgan fingerprint density at radius 3 is 2.56 bits per heavy atom. The average Bonchev–Trinajstić information content (AvgIpc) is 2.30. The van der Waals surface area contributed by atoms with E-state index in [4.69, 9.17) is 10.8 Å². The van der Waals surface area contributed by atoms with Gasteiger partial charge in [0.2, 0.25) is 0 Å². The highest BCUT2D eigenvalue weighted by Crippen LogP contribution is 2.19. The second-order valence-electron chi connectivity index (χ2n) is 4.07. The molecule has 2 heterocycles. The van der Waals surface area contributed by atoms with Crippen molar-refractivity contribution in [1.29, 1.82) is 0 Å². The predicted octanol–water partition coefficient (Wildman–Crippen LogP) is -0.403. The molecule has 1 saturated heterocycles. The minimum Gasteiger partial charge on any atom is -0.478 e. The van der Waals surface area contributed by atoms with Crippen LogP contribution < -0.4 is 10.6 Å². The molecule has 8 heteroatoms. The molecule has 1 aliphatic rings. The quantitative estimate of drug-likeness (QED) is 0.752. The summed E-state index contributed by atoms with van der Waals surface area (Å²) in [6, 6.07) is 1.37. The molecule has 0 aliphatic carbocycles. The van der Waals surface area contributed by atoms with Crippen LogP contribution in [0.1, 0.15) is 10.4 Å². The number of pyridine rings is 1. The minimum absolute atomic E-state index is 0.0200. The number of sulfone groups is 1. The van der Waals surface area contributed by atoms with Crippen LogP contribution in [0.15, 0.2) is 12.3 Å². The van der Waals surface area contributed by atoms with Gasteiger partial charge in [0.1, 0.15) is 5.82 Å². The predicted molar refractivity (Wildman–Crippen MR) is 66.5 cm³/mol.